The Morgan fingerprint density at radius 3 is 2.55 bits per heavy atom. The molecule has 1 saturated heterocycles. The van der Waals surface area contributed by atoms with Crippen molar-refractivity contribution in [2.45, 2.75) is 19.8 Å². The van der Waals surface area contributed by atoms with Crippen LogP contribution in [0.4, 0.5) is 0 Å². The van der Waals surface area contributed by atoms with E-state index < -0.39 is 0 Å². The van der Waals surface area contributed by atoms with Gasteiger partial charge in [-0.3, -0.25) is 0 Å². The molecule has 64 valence electrons. The van der Waals surface area contributed by atoms with Crippen molar-refractivity contribution in [2.75, 3.05) is 13.1 Å². The minimum atomic E-state index is 0.541. The lowest BCUT2D eigenvalue weighted by atomic mass is 10.0. The van der Waals surface area contributed by atoms with E-state index in [1.807, 2.05) is 0 Å². The fourth-order valence-electron chi connectivity index (χ4n) is 1.20. The van der Waals surface area contributed by atoms with Crippen LogP contribution < -0.4 is 5.73 Å². The van der Waals surface area contributed by atoms with E-state index in [0.717, 1.165) is 19.0 Å². The topological polar surface area (TPSA) is 29.3 Å². The van der Waals surface area contributed by atoms with Gasteiger partial charge in [0.2, 0.25) is 0 Å². The van der Waals surface area contributed by atoms with Gasteiger partial charge < -0.3 is 5.73 Å². The summed E-state index contributed by atoms with van der Waals surface area (Å²) in [7, 11) is 0. The highest BCUT2D eigenvalue weighted by molar-refractivity contribution is 8.21. The summed E-state index contributed by atoms with van der Waals surface area (Å²) < 4.78 is 2.79. The molecule has 2 N–H and O–H groups in total. The van der Waals surface area contributed by atoms with Gasteiger partial charge >= 0.3 is 0 Å². The zero-order chi connectivity index (χ0) is 8.27. The van der Waals surface area contributed by atoms with Gasteiger partial charge in [-0.2, -0.15) is 0 Å². The highest BCUT2D eigenvalue weighted by Gasteiger charge is 2.16. The highest BCUT2D eigenvalue weighted by Crippen LogP contribution is 2.21. The molecular formula is C7H14N2S2. The maximum Gasteiger partial charge on any atom is 0.146 e. The van der Waals surface area contributed by atoms with Crippen LogP contribution >= 0.6 is 24.2 Å². The van der Waals surface area contributed by atoms with Crippen molar-refractivity contribution in [3.8, 4) is 0 Å². The van der Waals surface area contributed by atoms with Crippen LogP contribution in [0.3, 0.4) is 0 Å². The first-order chi connectivity index (χ1) is 5.18. The van der Waals surface area contributed by atoms with Crippen LogP contribution in [-0.2, 0) is 0 Å². The molecule has 0 atom stereocenters. The fraction of sp³-hybridized carbons (Fsp3) is 0.857. The van der Waals surface area contributed by atoms with Crippen molar-refractivity contribution in [1.82, 2.24) is 4.31 Å². The lowest BCUT2D eigenvalue weighted by Crippen LogP contribution is -2.29. The molecule has 1 aliphatic rings. The van der Waals surface area contributed by atoms with Gasteiger partial charge in [-0.25, -0.2) is 4.31 Å². The predicted octanol–water partition coefficient (Wildman–Crippen LogP) is 1.61. The van der Waals surface area contributed by atoms with Crippen LogP contribution in [0, 0.1) is 5.92 Å². The number of hydrogen-bond donors (Lipinski definition) is 1. The first-order valence-corrected chi connectivity index (χ1v) is 5.09. The molecule has 0 saturated carbocycles. The molecule has 0 aromatic rings. The summed E-state index contributed by atoms with van der Waals surface area (Å²) in [5, 5.41) is 0. The average molecular weight is 190 g/mol. The fourth-order valence-corrected chi connectivity index (χ4v) is 2.17. The van der Waals surface area contributed by atoms with Gasteiger partial charge in [0.25, 0.3) is 0 Å². The van der Waals surface area contributed by atoms with Gasteiger partial charge in [0, 0.05) is 13.1 Å². The Kier molecular flexibility index (Phi) is 3.62. The quantitative estimate of drug-likeness (QED) is 0.502. The Bertz CT molecular complexity index is 141. The smallest absolute Gasteiger partial charge is 0.146 e. The van der Waals surface area contributed by atoms with E-state index in [4.69, 9.17) is 18.0 Å². The Morgan fingerprint density at radius 2 is 2.09 bits per heavy atom. The second kappa shape index (κ2) is 4.28. The summed E-state index contributed by atoms with van der Waals surface area (Å²) >= 11 is 6.32. The zero-order valence-corrected chi connectivity index (χ0v) is 8.38. The maximum absolute atomic E-state index is 5.41. The summed E-state index contributed by atoms with van der Waals surface area (Å²) in [4.78, 5) is 0. The SMILES string of the molecule is CC1CCN(SC(N)=S)CC1. The Balaban J connectivity index is 2.22. The molecule has 0 amide bonds. The monoisotopic (exact) mass is 190 g/mol. The number of nitrogens with zero attached hydrogens (tertiary/aromatic N) is 1. The van der Waals surface area contributed by atoms with Crippen molar-refractivity contribution < 1.29 is 0 Å². The number of hydrogen-bond acceptors (Lipinski definition) is 3. The molecule has 2 nitrogen and oxygen atoms in total. The normalized spacial score (nSPS) is 21.9. The van der Waals surface area contributed by atoms with E-state index in [-0.39, 0.29) is 0 Å². The zero-order valence-electron chi connectivity index (χ0n) is 6.75. The molecular weight excluding hydrogens is 176 g/mol. The predicted molar refractivity (Wildman–Crippen MR) is 54.3 cm³/mol. The van der Waals surface area contributed by atoms with Crippen molar-refractivity contribution in [3.05, 3.63) is 0 Å². The minimum absolute atomic E-state index is 0.541. The van der Waals surface area contributed by atoms with Gasteiger partial charge in [-0.05, 0) is 30.7 Å². The molecule has 0 radical (unpaired) electrons. The van der Waals surface area contributed by atoms with Crippen molar-refractivity contribution >= 4 is 28.5 Å². The van der Waals surface area contributed by atoms with Crippen LogP contribution in [0.5, 0.6) is 0 Å². The van der Waals surface area contributed by atoms with Crippen molar-refractivity contribution in [1.29, 1.82) is 0 Å². The molecule has 1 fully saturated rings. The highest BCUT2D eigenvalue weighted by atomic mass is 32.2. The molecule has 1 heterocycles. The average Bonchev–Trinajstić information content (AvgIpc) is 1.93. The first kappa shape index (κ1) is 9.29. The minimum Gasteiger partial charge on any atom is -0.384 e. The first-order valence-electron chi connectivity index (χ1n) is 3.91. The molecule has 0 aliphatic carbocycles. The molecule has 0 aromatic carbocycles. The number of nitrogens with two attached hydrogens (primary N) is 1. The van der Waals surface area contributed by atoms with E-state index in [1.54, 1.807) is 0 Å². The summed E-state index contributed by atoms with van der Waals surface area (Å²) in [6, 6.07) is 0. The Hall–Kier alpha value is 0.200. The van der Waals surface area contributed by atoms with E-state index in [9.17, 15) is 0 Å². The number of rotatable bonds is 1. The van der Waals surface area contributed by atoms with Crippen LogP contribution in [0.15, 0.2) is 0 Å². The molecule has 0 aromatic heterocycles. The van der Waals surface area contributed by atoms with Gasteiger partial charge in [0.15, 0.2) is 0 Å². The molecule has 0 unspecified atom stereocenters. The molecule has 11 heavy (non-hydrogen) atoms. The Labute approximate surface area is 77.6 Å². The lowest BCUT2D eigenvalue weighted by molar-refractivity contribution is 0.310. The lowest BCUT2D eigenvalue weighted by Gasteiger charge is -2.28. The van der Waals surface area contributed by atoms with E-state index in [2.05, 4.69) is 11.2 Å². The van der Waals surface area contributed by atoms with Crippen molar-refractivity contribution in [3.63, 3.8) is 0 Å². The standard InChI is InChI=1S/C7H14N2S2/c1-6-2-4-9(5-3-6)11-7(8)10/h6H,2-5H2,1H3,(H2,8,10). The molecule has 1 rings (SSSR count). The molecule has 4 heteroatoms. The summed E-state index contributed by atoms with van der Waals surface area (Å²) in [5.41, 5.74) is 5.41. The summed E-state index contributed by atoms with van der Waals surface area (Å²) in [6.07, 6.45) is 2.55. The largest absolute Gasteiger partial charge is 0.384 e. The summed E-state index contributed by atoms with van der Waals surface area (Å²) in [6.45, 7) is 4.55. The van der Waals surface area contributed by atoms with Crippen molar-refractivity contribution in [2.24, 2.45) is 11.7 Å². The Morgan fingerprint density at radius 1 is 1.55 bits per heavy atom. The molecule has 1 aliphatic heterocycles. The molecule has 0 spiro atoms. The summed E-state index contributed by atoms with van der Waals surface area (Å²) in [5.74, 6) is 0.873. The number of piperidine rings is 1. The third kappa shape index (κ3) is 3.40. The van der Waals surface area contributed by atoms with Gasteiger partial charge in [0.1, 0.15) is 4.32 Å². The second-order valence-electron chi connectivity index (χ2n) is 3.02. The van der Waals surface area contributed by atoms with Crippen LogP contribution in [-0.4, -0.2) is 21.7 Å². The van der Waals surface area contributed by atoms with Gasteiger partial charge in [-0.15, -0.1) is 0 Å². The van der Waals surface area contributed by atoms with Gasteiger partial charge in [0.05, 0.1) is 0 Å². The van der Waals surface area contributed by atoms with E-state index >= 15 is 0 Å². The third-order valence-corrected chi connectivity index (χ3v) is 2.99. The van der Waals surface area contributed by atoms with Crippen LogP contribution in [0.2, 0.25) is 0 Å². The van der Waals surface area contributed by atoms with Crippen LogP contribution in [0.25, 0.3) is 0 Å². The van der Waals surface area contributed by atoms with Gasteiger partial charge in [-0.1, -0.05) is 19.1 Å². The third-order valence-electron chi connectivity index (χ3n) is 1.96. The second-order valence-corrected chi connectivity index (χ2v) is 4.86. The maximum atomic E-state index is 5.41. The van der Waals surface area contributed by atoms with E-state index in [1.165, 1.54) is 24.8 Å². The van der Waals surface area contributed by atoms with E-state index in [0.29, 0.717) is 4.32 Å². The van der Waals surface area contributed by atoms with Crippen LogP contribution in [0.1, 0.15) is 19.8 Å². The molecule has 0 bridgehead atoms. The number of thiocarbonyl (C=S) groups is 1.